The van der Waals surface area contributed by atoms with Gasteiger partial charge in [-0.1, -0.05) is 42.5 Å². The molecule has 2 unspecified atom stereocenters. The summed E-state index contributed by atoms with van der Waals surface area (Å²) in [5, 5.41) is 21.4. The lowest BCUT2D eigenvalue weighted by Gasteiger charge is -2.24. The molecule has 0 saturated heterocycles. The fourth-order valence-electron chi connectivity index (χ4n) is 5.83. The molecule has 0 radical (unpaired) electrons. The van der Waals surface area contributed by atoms with Gasteiger partial charge in [-0.05, 0) is 96.6 Å². The van der Waals surface area contributed by atoms with E-state index in [1.54, 1.807) is 28.7 Å². The summed E-state index contributed by atoms with van der Waals surface area (Å²) in [6.07, 6.45) is 2.80. The summed E-state index contributed by atoms with van der Waals surface area (Å²) >= 11 is 4.55. The average molecular weight is 830 g/mol. The molecule has 3 heterocycles. The van der Waals surface area contributed by atoms with Gasteiger partial charge in [0.25, 0.3) is 17.7 Å². The van der Waals surface area contributed by atoms with Gasteiger partial charge in [0.1, 0.15) is 5.25 Å². The summed E-state index contributed by atoms with van der Waals surface area (Å²) in [7, 11) is -7.53. The Labute approximate surface area is 325 Å². The number of hydrogen-bond donors (Lipinski definition) is 5. The van der Waals surface area contributed by atoms with Gasteiger partial charge in [0, 0.05) is 39.3 Å². The van der Waals surface area contributed by atoms with E-state index in [4.69, 9.17) is 10.4 Å². The summed E-state index contributed by atoms with van der Waals surface area (Å²) in [4.78, 5) is 41.3. The average Bonchev–Trinajstić information content (AvgIpc) is 3.93. The molecule has 2 aromatic carbocycles. The van der Waals surface area contributed by atoms with E-state index in [0.29, 0.717) is 17.7 Å². The third kappa shape index (κ3) is 9.34. The fraction of sp³-hybridized carbons (Fsp3) is 0.270. The minimum Gasteiger partial charge on any atom is -0.351 e. The Balaban J connectivity index is 1.24. The van der Waals surface area contributed by atoms with Crippen molar-refractivity contribution in [2.24, 2.45) is 0 Å². The second-order valence-corrected chi connectivity index (χ2v) is 20.7. The van der Waals surface area contributed by atoms with E-state index in [1.165, 1.54) is 29.2 Å². The number of aryl methyl sites for hydroxylation is 1. The van der Waals surface area contributed by atoms with Gasteiger partial charge >= 0.3 is 0 Å². The smallest absolute Gasteiger partial charge is 0.264 e. The molecule has 0 aliphatic rings. The molecule has 12 nitrogen and oxygen atoms in total. The summed E-state index contributed by atoms with van der Waals surface area (Å²) in [5.74, 6) is -2.39. The monoisotopic (exact) mass is 829 g/mol. The van der Waals surface area contributed by atoms with E-state index >= 15 is 0 Å². The highest BCUT2D eigenvalue weighted by molar-refractivity contribution is 7.93. The summed E-state index contributed by atoms with van der Waals surface area (Å²) in [6.45, 7) is 1.11. The Bertz CT molecular complexity index is 2360. The van der Waals surface area contributed by atoms with Crippen LogP contribution in [0.1, 0.15) is 41.4 Å². The van der Waals surface area contributed by atoms with Crippen molar-refractivity contribution in [3.05, 3.63) is 94.7 Å². The first-order valence-electron chi connectivity index (χ1n) is 16.6. The maximum atomic E-state index is 12.9. The van der Waals surface area contributed by atoms with Crippen molar-refractivity contribution in [2.75, 3.05) is 19.1 Å². The molecule has 286 valence electrons. The molecule has 5 aromatic rings. The normalized spacial score (nSPS) is 13.5. The number of benzene rings is 2. The van der Waals surface area contributed by atoms with Gasteiger partial charge in [0.05, 0.1) is 9.75 Å². The molecular formula is C37H39N3O9S5. The minimum absolute atomic E-state index is 0.0930. The van der Waals surface area contributed by atoms with Crippen molar-refractivity contribution < 1.29 is 41.6 Å². The molecule has 54 heavy (non-hydrogen) atoms. The SMILES string of the molecule is CC(CCNC(=O)c1ccc(-c2ccc(-c3sccc3-c3cccc(-c4ccc(CCCC(C(=O)NO)S(C)(=O)=O)cc4)c3)s2)s1)(C(=O)NO)S(C)(=O)=O. The molecule has 0 spiro atoms. The zero-order valence-corrected chi connectivity index (χ0v) is 33.6. The number of hydroxylamine groups is 2. The van der Waals surface area contributed by atoms with Crippen molar-refractivity contribution in [1.82, 2.24) is 16.3 Å². The van der Waals surface area contributed by atoms with Crippen molar-refractivity contribution in [3.63, 3.8) is 0 Å². The molecule has 0 aliphatic heterocycles. The van der Waals surface area contributed by atoms with Gasteiger partial charge in [-0.25, -0.2) is 27.8 Å². The number of carbonyl (C=O) groups excluding carboxylic acids is 3. The maximum Gasteiger partial charge on any atom is 0.264 e. The third-order valence-electron chi connectivity index (χ3n) is 9.17. The zero-order chi connectivity index (χ0) is 39.3. The van der Waals surface area contributed by atoms with Crippen LogP contribution in [0.5, 0.6) is 0 Å². The van der Waals surface area contributed by atoms with Crippen LogP contribution < -0.4 is 16.3 Å². The Morgan fingerprint density at radius 3 is 2.13 bits per heavy atom. The molecule has 0 saturated carbocycles. The molecule has 5 N–H and O–H groups in total. The lowest BCUT2D eigenvalue weighted by atomic mass is 9.97. The first-order chi connectivity index (χ1) is 25.6. The summed E-state index contributed by atoms with van der Waals surface area (Å²) < 4.78 is 46.4. The maximum absolute atomic E-state index is 12.9. The predicted molar refractivity (Wildman–Crippen MR) is 213 cm³/mol. The number of carbonyl (C=O) groups is 3. The van der Waals surface area contributed by atoms with Crippen LogP contribution in [0.25, 0.3) is 41.8 Å². The van der Waals surface area contributed by atoms with Gasteiger partial charge in [-0.15, -0.1) is 34.0 Å². The van der Waals surface area contributed by atoms with Crippen LogP contribution in [0.2, 0.25) is 0 Å². The molecule has 3 aromatic heterocycles. The van der Waals surface area contributed by atoms with Gasteiger partial charge in [0.2, 0.25) is 0 Å². The van der Waals surface area contributed by atoms with E-state index in [1.807, 2.05) is 48.5 Å². The molecule has 2 atom stereocenters. The van der Waals surface area contributed by atoms with Gasteiger partial charge < -0.3 is 5.32 Å². The van der Waals surface area contributed by atoms with Crippen LogP contribution >= 0.6 is 34.0 Å². The summed E-state index contributed by atoms with van der Waals surface area (Å²) in [6, 6.07) is 26.0. The van der Waals surface area contributed by atoms with Crippen LogP contribution in [0.3, 0.4) is 0 Å². The minimum atomic E-state index is -3.88. The van der Waals surface area contributed by atoms with E-state index in [9.17, 15) is 31.2 Å². The van der Waals surface area contributed by atoms with Crippen molar-refractivity contribution in [2.45, 2.75) is 42.6 Å². The number of hydrogen-bond acceptors (Lipinski definition) is 12. The third-order valence-corrected chi connectivity index (χ3v) is 16.1. The van der Waals surface area contributed by atoms with Crippen LogP contribution in [0.15, 0.2) is 84.2 Å². The highest BCUT2D eigenvalue weighted by Gasteiger charge is 2.43. The van der Waals surface area contributed by atoms with E-state index in [-0.39, 0.29) is 19.4 Å². The van der Waals surface area contributed by atoms with E-state index < -0.39 is 47.4 Å². The quantitative estimate of drug-likeness (QED) is 0.0568. The Hall–Kier alpha value is -4.23. The lowest BCUT2D eigenvalue weighted by Crippen LogP contribution is -2.50. The highest BCUT2D eigenvalue weighted by Crippen LogP contribution is 2.44. The largest absolute Gasteiger partial charge is 0.351 e. The van der Waals surface area contributed by atoms with Crippen molar-refractivity contribution in [3.8, 4) is 41.8 Å². The second-order valence-electron chi connectivity index (χ2n) is 12.9. The van der Waals surface area contributed by atoms with Crippen molar-refractivity contribution >= 4 is 71.4 Å². The fourth-order valence-corrected chi connectivity index (χ4v) is 10.8. The number of rotatable bonds is 16. The molecule has 0 fully saturated rings. The molecule has 17 heteroatoms. The molecule has 0 aliphatic carbocycles. The first-order valence-corrected chi connectivity index (χ1v) is 22.9. The Kier molecular flexibility index (Phi) is 12.9. The van der Waals surface area contributed by atoms with E-state index in [2.05, 4.69) is 35.0 Å². The number of amides is 3. The zero-order valence-electron chi connectivity index (χ0n) is 29.5. The molecule has 3 amide bonds. The predicted octanol–water partition coefficient (Wildman–Crippen LogP) is 6.21. The Morgan fingerprint density at radius 1 is 0.796 bits per heavy atom. The topological polar surface area (TPSA) is 196 Å². The standard InChI is InChI=1S/C37H39N3O9S5/c1-37(36(43)40-45,54(3,48)49)19-20-38-34(41)31-17-15-29(52-31)28-14-16-30(51-28)33-27(18-21-50-33)26-8-5-7-25(22-26)24-12-10-23(11-13-24)6-4-9-32(35(42)39-44)53(2,46)47/h5,7-8,10-18,21-22,32,44-45H,4,6,9,19-20H2,1-3H3,(H,38,41)(H,39,42)(H,40,43). The number of thiophene rings is 3. The molecule has 5 rings (SSSR count). The lowest BCUT2D eigenvalue weighted by molar-refractivity contribution is -0.131. The first kappa shape index (κ1) is 40.9. The number of nitrogens with one attached hydrogen (secondary N) is 3. The Morgan fingerprint density at radius 2 is 1.46 bits per heavy atom. The van der Waals surface area contributed by atoms with Gasteiger partial charge in [0.15, 0.2) is 24.4 Å². The van der Waals surface area contributed by atoms with Crippen LogP contribution in [0.4, 0.5) is 0 Å². The van der Waals surface area contributed by atoms with Crippen LogP contribution in [-0.4, -0.2) is 74.0 Å². The van der Waals surface area contributed by atoms with Crippen LogP contribution in [0, 0.1) is 0 Å². The second kappa shape index (κ2) is 17.1. The highest BCUT2D eigenvalue weighted by atomic mass is 32.2. The summed E-state index contributed by atoms with van der Waals surface area (Å²) in [5.41, 5.74) is 8.03. The number of sulfone groups is 2. The van der Waals surface area contributed by atoms with Gasteiger partial charge in [-0.2, -0.15) is 0 Å². The van der Waals surface area contributed by atoms with E-state index in [0.717, 1.165) is 59.8 Å². The van der Waals surface area contributed by atoms with Gasteiger partial charge in [-0.3, -0.25) is 24.8 Å². The van der Waals surface area contributed by atoms with Crippen molar-refractivity contribution in [1.29, 1.82) is 0 Å². The van der Waals surface area contributed by atoms with Crippen LogP contribution in [-0.2, 0) is 35.7 Å². The molecular weight excluding hydrogens is 791 g/mol. The molecule has 0 bridgehead atoms.